The van der Waals surface area contributed by atoms with Crippen molar-refractivity contribution in [3.05, 3.63) is 0 Å². The Kier molecular flexibility index (Phi) is 4.67. The van der Waals surface area contributed by atoms with Crippen molar-refractivity contribution in [2.45, 2.75) is 97.1 Å². The lowest BCUT2D eigenvalue weighted by atomic mass is 10.3. The predicted octanol–water partition coefficient (Wildman–Crippen LogP) is 5.67. The minimum absolute atomic E-state index is 0.0375. The van der Waals surface area contributed by atoms with Crippen LogP contribution in [0.5, 0.6) is 0 Å². The lowest BCUT2D eigenvalue weighted by Crippen LogP contribution is -2.74. The first-order chi connectivity index (χ1) is 8.87. The zero-order valence-electron chi connectivity index (χ0n) is 16.2. The van der Waals surface area contributed by atoms with Gasteiger partial charge in [-0.1, -0.05) is 62.3 Å². The first-order valence-electron chi connectivity index (χ1n) is 7.97. The summed E-state index contributed by atoms with van der Waals surface area (Å²) >= 11 is 0. The maximum Gasteiger partial charge on any atom is 0.322 e. The van der Waals surface area contributed by atoms with Gasteiger partial charge in [-0.3, -0.25) is 0 Å². The summed E-state index contributed by atoms with van der Waals surface area (Å²) in [5, 5.41) is 0.113. The van der Waals surface area contributed by atoms with Crippen molar-refractivity contribution < 1.29 is 12.3 Å². The molecule has 0 aromatic rings. The Morgan fingerprint density at radius 1 is 0.429 bits per heavy atom. The lowest BCUT2D eigenvalue weighted by Gasteiger charge is -2.60. The summed E-state index contributed by atoms with van der Waals surface area (Å²) in [7, 11) is -6.99. The summed E-state index contributed by atoms with van der Waals surface area (Å²) in [5.41, 5.74) is 0. The van der Waals surface area contributed by atoms with E-state index in [2.05, 4.69) is 82.0 Å². The van der Waals surface area contributed by atoms with E-state index in [4.69, 9.17) is 12.3 Å². The Bertz CT molecular complexity index is 334. The molecular weight excluding hydrogens is 312 g/mol. The molecule has 3 nitrogen and oxygen atoms in total. The highest BCUT2D eigenvalue weighted by molar-refractivity contribution is 6.96. The highest BCUT2D eigenvalue weighted by Gasteiger charge is 2.66. The number of hydrogen-bond acceptors (Lipinski definition) is 3. The van der Waals surface area contributed by atoms with Crippen molar-refractivity contribution in [1.29, 1.82) is 0 Å². The van der Waals surface area contributed by atoms with Gasteiger partial charge < -0.3 is 12.3 Å². The quantitative estimate of drug-likeness (QED) is 0.528. The third-order valence-corrected chi connectivity index (χ3v) is 22.8. The Morgan fingerprint density at radius 2 is 0.571 bits per heavy atom. The zero-order chi connectivity index (χ0) is 17.1. The third-order valence-electron chi connectivity index (χ3n) is 5.26. The molecular formula is C15H36O3Si3. The second-order valence-electron chi connectivity index (χ2n) is 9.89. The van der Waals surface area contributed by atoms with E-state index >= 15 is 0 Å². The van der Waals surface area contributed by atoms with Gasteiger partial charge in [-0.15, -0.1) is 0 Å². The smallest absolute Gasteiger partial charge is 0.322 e. The van der Waals surface area contributed by atoms with E-state index in [0.29, 0.717) is 0 Å². The molecule has 0 spiro atoms. The van der Waals surface area contributed by atoms with Gasteiger partial charge in [0.25, 0.3) is 0 Å². The number of hydrogen-bond donors (Lipinski definition) is 0. The van der Waals surface area contributed by atoms with Crippen LogP contribution in [0.1, 0.15) is 62.3 Å². The molecule has 0 radical (unpaired) electrons. The van der Waals surface area contributed by atoms with E-state index < -0.39 is 25.7 Å². The van der Waals surface area contributed by atoms with Crippen LogP contribution < -0.4 is 0 Å². The van der Waals surface area contributed by atoms with Crippen molar-refractivity contribution in [2.75, 3.05) is 0 Å². The summed E-state index contributed by atoms with van der Waals surface area (Å²) in [5.74, 6) is 0. The molecule has 0 N–H and O–H groups in total. The molecule has 6 heteroatoms. The van der Waals surface area contributed by atoms with E-state index in [9.17, 15) is 0 Å². The van der Waals surface area contributed by atoms with Gasteiger partial charge in [-0.05, 0) is 19.6 Å². The Morgan fingerprint density at radius 3 is 0.667 bits per heavy atom. The van der Waals surface area contributed by atoms with Gasteiger partial charge in [-0.2, -0.15) is 0 Å². The molecule has 126 valence electrons. The third kappa shape index (κ3) is 3.40. The molecule has 0 amide bonds. The van der Waals surface area contributed by atoms with Crippen LogP contribution in [0, 0.1) is 0 Å². The van der Waals surface area contributed by atoms with Crippen LogP contribution in [0.25, 0.3) is 0 Å². The van der Waals surface area contributed by atoms with Crippen molar-refractivity contribution >= 4 is 25.7 Å². The fourth-order valence-corrected chi connectivity index (χ4v) is 20.0. The second kappa shape index (κ2) is 5.01. The Balaban J connectivity index is 3.44. The van der Waals surface area contributed by atoms with E-state index in [1.165, 1.54) is 0 Å². The molecule has 0 aromatic heterocycles. The summed E-state index contributed by atoms with van der Waals surface area (Å²) in [6, 6.07) is 0. The van der Waals surface area contributed by atoms with Gasteiger partial charge in [0.2, 0.25) is 0 Å². The van der Waals surface area contributed by atoms with Crippen molar-refractivity contribution in [3.63, 3.8) is 0 Å². The van der Waals surface area contributed by atoms with E-state index in [1.807, 2.05) is 0 Å². The Hall–Kier alpha value is 0.531. The SMILES string of the molecule is CC(C)(C)[Si]1(C)O[Si](C)(C(C)(C)C)O[Si](C)(C(C)(C)C)O1. The first kappa shape index (κ1) is 19.6. The van der Waals surface area contributed by atoms with Crippen LogP contribution in [0.15, 0.2) is 0 Å². The Labute approximate surface area is 135 Å². The molecule has 0 aliphatic carbocycles. The molecule has 1 aliphatic heterocycles. The van der Waals surface area contributed by atoms with Crippen LogP contribution in [-0.4, -0.2) is 25.7 Å². The van der Waals surface area contributed by atoms with Crippen molar-refractivity contribution in [3.8, 4) is 0 Å². The topological polar surface area (TPSA) is 27.7 Å². The second-order valence-corrected chi connectivity index (χ2v) is 22.5. The van der Waals surface area contributed by atoms with Gasteiger partial charge >= 0.3 is 25.7 Å². The van der Waals surface area contributed by atoms with E-state index in [-0.39, 0.29) is 15.1 Å². The molecule has 0 unspecified atom stereocenters. The van der Waals surface area contributed by atoms with Crippen molar-refractivity contribution in [2.24, 2.45) is 0 Å². The molecule has 0 saturated carbocycles. The average Bonchev–Trinajstić information content (AvgIpc) is 2.09. The lowest BCUT2D eigenvalue weighted by molar-refractivity contribution is 0.173. The van der Waals surface area contributed by atoms with Crippen LogP contribution in [0.2, 0.25) is 34.8 Å². The molecule has 0 aromatic carbocycles. The van der Waals surface area contributed by atoms with Gasteiger partial charge in [0, 0.05) is 15.1 Å². The highest BCUT2D eigenvalue weighted by Crippen LogP contribution is 2.55. The molecule has 1 fully saturated rings. The van der Waals surface area contributed by atoms with Gasteiger partial charge in [-0.25, -0.2) is 0 Å². The molecule has 21 heavy (non-hydrogen) atoms. The summed E-state index contributed by atoms with van der Waals surface area (Å²) in [6.45, 7) is 27.0. The number of rotatable bonds is 0. The predicted molar refractivity (Wildman–Crippen MR) is 97.3 cm³/mol. The molecule has 1 saturated heterocycles. The normalized spacial score (nSPS) is 39.4. The molecule has 1 rings (SSSR count). The maximum absolute atomic E-state index is 6.75. The fraction of sp³-hybridized carbons (Fsp3) is 1.00. The van der Waals surface area contributed by atoms with Crippen molar-refractivity contribution in [1.82, 2.24) is 0 Å². The monoisotopic (exact) mass is 348 g/mol. The highest BCUT2D eigenvalue weighted by atomic mass is 28.5. The standard InChI is InChI=1S/C15H36O3Si3/c1-13(2,3)19(10)16-20(11,14(4,5)6)18-21(12,17-19)15(7,8)9/h1-12H3. The summed E-state index contributed by atoms with van der Waals surface area (Å²) < 4.78 is 20.2. The van der Waals surface area contributed by atoms with Gasteiger partial charge in [0.15, 0.2) is 0 Å². The largest absolute Gasteiger partial charge is 0.415 e. The van der Waals surface area contributed by atoms with Gasteiger partial charge in [0.1, 0.15) is 0 Å². The minimum atomic E-state index is -2.33. The van der Waals surface area contributed by atoms with Gasteiger partial charge in [0.05, 0.1) is 0 Å². The molecule has 0 bridgehead atoms. The average molecular weight is 349 g/mol. The first-order valence-corrected chi connectivity index (χ1v) is 14.9. The maximum atomic E-state index is 6.75. The molecule has 1 aliphatic rings. The fourth-order valence-electron chi connectivity index (χ4n) is 2.10. The summed E-state index contributed by atoms with van der Waals surface area (Å²) in [6.07, 6.45) is 0. The zero-order valence-corrected chi connectivity index (χ0v) is 19.2. The molecule has 1 heterocycles. The van der Waals surface area contributed by atoms with Crippen LogP contribution in [-0.2, 0) is 12.3 Å². The summed E-state index contributed by atoms with van der Waals surface area (Å²) in [4.78, 5) is 0. The van der Waals surface area contributed by atoms with E-state index in [1.54, 1.807) is 0 Å². The van der Waals surface area contributed by atoms with Crippen LogP contribution in [0.4, 0.5) is 0 Å². The minimum Gasteiger partial charge on any atom is -0.415 e. The van der Waals surface area contributed by atoms with Crippen LogP contribution >= 0.6 is 0 Å². The van der Waals surface area contributed by atoms with E-state index in [0.717, 1.165) is 0 Å². The molecule has 0 atom stereocenters. The van der Waals surface area contributed by atoms with Crippen LogP contribution in [0.3, 0.4) is 0 Å².